The molecule has 5 nitrogen and oxygen atoms in total. The van der Waals surface area contributed by atoms with Crippen LogP contribution in [0.25, 0.3) is 0 Å². The van der Waals surface area contributed by atoms with E-state index in [0.29, 0.717) is 12.1 Å². The number of nitro benzene ring substituents is 1. The number of carbonyl (C=O) groups excluding carboxylic acids is 1. The number of rotatable bonds is 4. The molecule has 1 atom stereocenters. The fraction of sp³-hybridized carbons (Fsp3) is 0.462. The zero-order valence-corrected chi connectivity index (χ0v) is 14.0. The van der Waals surface area contributed by atoms with Crippen LogP contribution in [0.15, 0.2) is 18.2 Å². The average Bonchev–Trinajstić information content (AvgIpc) is 2.84. The Morgan fingerprint density at radius 2 is 2.35 bits per heavy atom. The van der Waals surface area contributed by atoms with Gasteiger partial charge in [0.1, 0.15) is 0 Å². The topological polar surface area (TPSA) is 72.2 Å². The van der Waals surface area contributed by atoms with Crippen molar-refractivity contribution in [2.45, 2.75) is 24.5 Å². The molecule has 0 bridgehead atoms. The molecule has 7 heteroatoms. The minimum absolute atomic E-state index is 0.0583. The van der Waals surface area contributed by atoms with E-state index in [4.69, 9.17) is 0 Å². The second-order valence-electron chi connectivity index (χ2n) is 5.01. The van der Waals surface area contributed by atoms with Gasteiger partial charge in [-0.2, -0.15) is 11.8 Å². The van der Waals surface area contributed by atoms with E-state index in [-0.39, 0.29) is 16.3 Å². The Morgan fingerprint density at radius 1 is 1.60 bits per heavy atom. The molecular formula is C13H15IN2O3S. The Hall–Kier alpha value is -0.830. The van der Waals surface area contributed by atoms with Gasteiger partial charge in [-0.15, -0.1) is 0 Å². The molecule has 1 saturated heterocycles. The van der Waals surface area contributed by atoms with E-state index in [1.165, 1.54) is 18.6 Å². The average molecular weight is 406 g/mol. The fourth-order valence-electron chi connectivity index (χ4n) is 2.14. The van der Waals surface area contributed by atoms with Crippen molar-refractivity contribution in [2.24, 2.45) is 0 Å². The summed E-state index contributed by atoms with van der Waals surface area (Å²) in [7, 11) is 0. The number of amides is 1. The maximum Gasteiger partial charge on any atom is 0.270 e. The number of hydrogen-bond acceptors (Lipinski definition) is 4. The second kappa shape index (κ2) is 6.30. The predicted molar refractivity (Wildman–Crippen MR) is 88.2 cm³/mol. The molecule has 20 heavy (non-hydrogen) atoms. The third-order valence-electron chi connectivity index (χ3n) is 3.33. The number of nitrogens with zero attached hydrogens (tertiary/aromatic N) is 1. The summed E-state index contributed by atoms with van der Waals surface area (Å²) in [6.07, 6.45) is 2.26. The lowest BCUT2D eigenvalue weighted by Gasteiger charge is -2.22. The van der Waals surface area contributed by atoms with Gasteiger partial charge in [-0.3, -0.25) is 14.9 Å². The first-order valence-electron chi connectivity index (χ1n) is 6.27. The van der Waals surface area contributed by atoms with Crippen molar-refractivity contribution in [1.29, 1.82) is 0 Å². The molecule has 0 radical (unpaired) electrons. The lowest BCUT2D eigenvalue weighted by atomic mass is 10.1. The molecule has 1 aliphatic heterocycles. The van der Waals surface area contributed by atoms with E-state index in [2.05, 4.69) is 12.2 Å². The van der Waals surface area contributed by atoms with Gasteiger partial charge in [0, 0.05) is 27.0 Å². The first-order chi connectivity index (χ1) is 9.41. The molecular weight excluding hydrogens is 391 g/mol. The molecule has 1 aromatic rings. The van der Waals surface area contributed by atoms with Crippen LogP contribution in [0.2, 0.25) is 0 Å². The molecule has 108 valence electrons. The van der Waals surface area contributed by atoms with Crippen molar-refractivity contribution in [1.82, 2.24) is 5.32 Å². The highest BCUT2D eigenvalue weighted by Gasteiger charge is 2.30. The van der Waals surface area contributed by atoms with Crippen molar-refractivity contribution in [3.8, 4) is 0 Å². The van der Waals surface area contributed by atoms with Crippen molar-refractivity contribution < 1.29 is 9.72 Å². The highest BCUT2D eigenvalue weighted by Crippen LogP contribution is 2.37. The van der Waals surface area contributed by atoms with Crippen LogP contribution in [-0.2, 0) is 0 Å². The van der Waals surface area contributed by atoms with Gasteiger partial charge in [-0.1, -0.05) is 0 Å². The minimum Gasteiger partial charge on any atom is -0.351 e. The van der Waals surface area contributed by atoms with Crippen molar-refractivity contribution >= 4 is 45.9 Å². The van der Waals surface area contributed by atoms with E-state index < -0.39 is 4.92 Å². The fourth-order valence-corrected chi connectivity index (χ4v) is 3.96. The molecule has 1 heterocycles. The molecule has 0 aromatic heterocycles. The van der Waals surface area contributed by atoms with Crippen molar-refractivity contribution in [3.05, 3.63) is 37.4 Å². The largest absolute Gasteiger partial charge is 0.351 e. The number of halogens is 1. The molecule has 1 fully saturated rings. The zero-order chi connectivity index (χ0) is 14.8. The summed E-state index contributed by atoms with van der Waals surface area (Å²) in [5, 5.41) is 13.7. The third-order valence-corrected chi connectivity index (χ3v) is 5.81. The van der Waals surface area contributed by atoms with Crippen LogP contribution >= 0.6 is 34.4 Å². The summed E-state index contributed by atoms with van der Waals surface area (Å²) < 4.78 is 0.803. The van der Waals surface area contributed by atoms with Crippen LogP contribution in [0.3, 0.4) is 0 Å². The third kappa shape index (κ3) is 3.63. The van der Waals surface area contributed by atoms with E-state index in [1.54, 1.807) is 6.07 Å². The van der Waals surface area contributed by atoms with Crippen LogP contribution in [0.4, 0.5) is 5.69 Å². The number of benzene rings is 1. The first-order valence-corrected chi connectivity index (χ1v) is 8.34. The van der Waals surface area contributed by atoms with Crippen LogP contribution < -0.4 is 5.32 Å². The van der Waals surface area contributed by atoms with Crippen molar-refractivity contribution in [2.75, 3.05) is 12.3 Å². The Kier molecular flexibility index (Phi) is 4.90. The van der Waals surface area contributed by atoms with E-state index in [1.807, 2.05) is 34.4 Å². The van der Waals surface area contributed by atoms with Gasteiger partial charge in [0.25, 0.3) is 11.6 Å². The number of carbonyl (C=O) groups is 1. The van der Waals surface area contributed by atoms with Crippen LogP contribution in [0.1, 0.15) is 30.1 Å². The number of non-ortho nitro benzene ring substituents is 1. The van der Waals surface area contributed by atoms with Crippen molar-refractivity contribution in [3.63, 3.8) is 0 Å². The number of hydrogen-bond donors (Lipinski definition) is 1. The van der Waals surface area contributed by atoms with Gasteiger partial charge in [0.15, 0.2) is 0 Å². The minimum atomic E-state index is -0.485. The molecule has 1 amide bonds. The molecule has 1 aromatic carbocycles. The van der Waals surface area contributed by atoms with E-state index in [0.717, 1.165) is 15.7 Å². The zero-order valence-electron chi connectivity index (χ0n) is 11.0. The lowest BCUT2D eigenvalue weighted by Crippen LogP contribution is -2.37. The quantitative estimate of drug-likeness (QED) is 0.474. The summed E-state index contributed by atoms with van der Waals surface area (Å²) in [4.78, 5) is 22.5. The van der Waals surface area contributed by atoms with Gasteiger partial charge >= 0.3 is 0 Å². The summed E-state index contributed by atoms with van der Waals surface area (Å²) in [5.74, 6) is 0.882. The van der Waals surface area contributed by atoms with Crippen LogP contribution in [0.5, 0.6) is 0 Å². The molecule has 1 aliphatic rings. The predicted octanol–water partition coefficient (Wildman–Crippen LogP) is 3.21. The number of thioether (sulfide) groups is 1. The summed E-state index contributed by atoms with van der Waals surface area (Å²) in [6.45, 7) is 2.73. The molecule has 2 rings (SSSR count). The molecule has 0 saturated carbocycles. The van der Waals surface area contributed by atoms with Gasteiger partial charge in [0.2, 0.25) is 0 Å². The Labute approximate surface area is 135 Å². The van der Waals surface area contributed by atoms with Gasteiger partial charge < -0.3 is 5.32 Å². The summed E-state index contributed by atoms with van der Waals surface area (Å²) in [5.41, 5.74) is 0.309. The Balaban J connectivity index is 2.08. The van der Waals surface area contributed by atoms with Crippen LogP contribution in [0, 0.1) is 13.7 Å². The Bertz CT molecular complexity index is 544. The standard InChI is InChI=1S/C13H15IN2O3S/c1-13(5-2-6-20-13)8-15-12(17)10-7-9(16(18)19)3-4-11(10)14/h3-4,7H,2,5-6,8H2,1H3,(H,15,17). The number of nitro groups is 1. The second-order valence-corrected chi connectivity index (χ2v) is 7.85. The van der Waals surface area contributed by atoms with E-state index >= 15 is 0 Å². The molecule has 0 spiro atoms. The maximum atomic E-state index is 12.2. The number of nitrogens with one attached hydrogen (secondary N) is 1. The Morgan fingerprint density at radius 3 is 2.95 bits per heavy atom. The van der Waals surface area contributed by atoms with E-state index in [9.17, 15) is 14.9 Å². The SMILES string of the molecule is CC1(CNC(=O)c2cc([N+](=O)[O-])ccc2I)CCCS1. The first kappa shape index (κ1) is 15.6. The maximum absolute atomic E-state index is 12.2. The highest BCUT2D eigenvalue weighted by molar-refractivity contribution is 14.1. The normalized spacial score (nSPS) is 21.7. The molecule has 1 unspecified atom stereocenters. The lowest BCUT2D eigenvalue weighted by molar-refractivity contribution is -0.384. The monoisotopic (exact) mass is 406 g/mol. The van der Waals surface area contributed by atoms with Gasteiger partial charge in [-0.25, -0.2) is 0 Å². The molecule has 1 N–H and O–H groups in total. The summed E-state index contributed by atoms with van der Waals surface area (Å²) in [6, 6.07) is 4.34. The summed E-state index contributed by atoms with van der Waals surface area (Å²) >= 11 is 3.89. The molecule has 0 aliphatic carbocycles. The van der Waals surface area contributed by atoms with Gasteiger partial charge in [-0.05, 0) is 54.2 Å². The smallest absolute Gasteiger partial charge is 0.270 e. The van der Waals surface area contributed by atoms with Gasteiger partial charge in [0.05, 0.1) is 10.5 Å². The van der Waals surface area contributed by atoms with Crippen LogP contribution in [-0.4, -0.2) is 27.9 Å². The highest BCUT2D eigenvalue weighted by atomic mass is 127.